The van der Waals surface area contributed by atoms with Gasteiger partial charge in [-0.25, -0.2) is 0 Å². The molecule has 1 atom stereocenters. The second-order valence-electron chi connectivity index (χ2n) is 7.96. The van der Waals surface area contributed by atoms with Crippen molar-refractivity contribution in [3.8, 4) is 0 Å². The van der Waals surface area contributed by atoms with E-state index >= 15 is 0 Å². The standard InChI is InChI=1S/C12H24O.C10H13N.2C2H6/c1-10(2)13-11(3)9-12-7-5-4-6-8-12;11-7-8-1-3-9(4-2-8)10-5-6-10;2*1-2/h10-12H,4-9H2,1-3H3;1-4,10H,5-7,11H2;2*1-2H3. The average molecular weight is 392 g/mol. The molecule has 1 aromatic carbocycles. The Bertz CT molecular complexity index is 444. The van der Waals surface area contributed by atoms with Crippen LogP contribution in [-0.4, -0.2) is 12.2 Å². The van der Waals surface area contributed by atoms with Crippen LogP contribution >= 0.6 is 0 Å². The van der Waals surface area contributed by atoms with Crippen LogP contribution in [-0.2, 0) is 11.3 Å². The molecule has 2 N–H and O–H groups in total. The molecule has 0 bridgehead atoms. The fourth-order valence-electron chi connectivity index (χ4n) is 3.75. The first-order chi connectivity index (χ1) is 13.6. The van der Waals surface area contributed by atoms with Crippen LogP contribution in [0.2, 0.25) is 0 Å². The molecule has 2 aliphatic rings. The Kier molecular flexibility index (Phi) is 16.5. The van der Waals surface area contributed by atoms with Gasteiger partial charge < -0.3 is 10.5 Å². The van der Waals surface area contributed by atoms with Crippen LogP contribution in [0.5, 0.6) is 0 Å². The van der Waals surface area contributed by atoms with Crippen LogP contribution in [0, 0.1) is 5.92 Å². The molecule has 2 nitrogen and oxygen atoms in total. The van der Waals surface area contributed by atoms with Gasteiger partial charge in [0.2, 0.25) is 0 Å². The van der Waals surface area contributed by atoms with E-state index in [9.17, 15) is 0 Å². The average Bonchev–Trinajstić information content (AvgIpc) is 3.57. The van der Waals surface area contributed by atoms with E-state index in [0.29, 0.717) is 18.8 Å². The molecule has 0 radical (unpaired) electrons. The molecular formula is C26H49NO. The van der Waals surface area contributed by atoms with Crippen LogP contribution < -0.4 is 5.73 Å². The van der Waals surface area contributed by atoms with Crippen molar-refractivity contribution < 1.29 is 4.74 Å². The van der Waals surface area contributed by atoms with Gasteiger partial charge in [0.05, 0.1) is 12.2 Å². The van der Waals surface area contributed by atoms with E-state index in [1.807, 2.05) is 27.7 Å². The van der Waals surface area contributed by atoms with Crippen LogP contribution in [0.15, 0.2) is 24.3 Å². The molecule has 0 heterocycles. The van der Waals surface area contributed by atoms with Crippen LogP contribution in [0.25, 0.3) is 0 Å². The van der Waals surface area contributed by atoms with Crippen molar-refractivity contribution in [2.24, 2.45) is 11.7 Å². The predicted octanol–water partition coefficient (Wildman–Crippen LogP) is 7.85. The highest BCUT2D eigenvalue weighted by molar-refractivity contribution is 5.27. The molecule has 0 aliphatic heterocycles. The molecule has 0 spiro atoms. The van der Waals surface area contributed by atoms with Crippen molar-refractivity contribution in [3.05, 3.63) is 35.4 Å². The SMILES string of the molecule is CC.CC.CC(C)OC(C)CC1CCCCC1.NCc1ccc(C2CC2)cc1. The van der Waals surface area contributed by atoms with Gasteiger partial charge in [-0.3, -0.25) is 0 Å². The lowest BCUT2D eigenvalue weighted by atomic mass is 9.85. The van der Waals surface area contributed by atoms with E-state index in [-0.39, 0.29) is 0 Å². The highest BCUT2D eigenvalue weighted by atomic mass is 16.5. The summed E-state index contributed by atoms with van der Waals surface area (Å²) < 4.78 is 5.75. The maximum absolute atomic E-state index is 5.75. The van der Waals surface area contributed by atoms with Crippen molar-refractivity contribution in [3.63, 3.8) is 0 Å². The van der Waals surface area contributed by atoms with E-state index < -0.39 is 0 Å². The summed E-state index contributed by atoms with van der Waals surface area (Å²) in [5.74, 6) is 1.81. The summed E-state index contributed by atoms with van der Waals surface area (Å²) in [6, 6.07) is 8.68. The Hall–Kier alpha value is -0.860. The van der Waals surface area contributed by atoms with Gasteiger partial charge in [0.15, 0.2) is 0 Å². The van der Waals surface area contributed by atoms with Gasteiger partial charge in [0.1, 0.15) is 0 Å². The Balaban J connectivity index is 0.000000445. The largest absolute Gasteiger partial charge is 0.376 e. The summed E-state index contributed by atoms with van der Waals surface area (Å²) >= 11 is 0. The molecule has 2 fully saturated rings. The topological polar surface area (TPSA) is 35.2 Å². The Morgan fingerprint density at radius 1 is 0.857 bits per heavy atom. The molecular weight excluding hydrogens is 342 g/mol. The predicted molar refractivity (Wildman–Crippen MR) is 126 cm³/mol. The van der Waals surface area contributed by atoms with Crippen molar-refractivity contribution >= 4 is 0 Å². The molecule has 0 saturated heterocycles. The number of benzene rings is 1. The number of nitrogens with two attached hydrogens (primary N) is 1. The fraction of sp³-hybridized carbons (Fsp3) is 0.769. The zero-order chi connectivity index (χ0) is 21.4. The first-order valence-electron chi connectivity index (χ1n) is 12.0. The molecule has 3 rings (SSSR count). The smallest absolute Gasteiger partial charge is 0.0553 e. The number of rotatable bonds is 6. The molecule has 2 aliphatic carbocycles. The lowest BCUT2D eigenvalue weighted by molar-refractivity contribution is 0.00254. The highest BCUT2D eigenvalue weighted by Crippen LogP contribution is 2.39. The third-order valence-corrected chi connectivity index (χ3v) is 5.16. The Labute approximate surface area is 176 Å². The van der Waals surface area contributed by atoms with Gasteiger partial charge >= 0.3 is 0 Å². The van der Waals surface area contributed by atoms with E-state index in [1.165, 1.54) is 62.5 Å². The monoisotopic (exact) mass is 391 g/mol. The fourth-order valence-corrected chi connectivity index (χ4v) is 3.75. The number of hydrogen-bond donors (Lipinski definition) is 1. The van der Waals surface area contributed by atoms with E-state index in [1.54, 1.807) is 0 Å². The van der Waals surface area contributed by atoms with E-state index in [2.05, 4.69) is 45.0 Å². The summed E-state index contributed by atoms with van der Waals surface area (Å²) in [5.41, 5.74) is 8.21. The van der Waals surface area contributed by atoms with E-state index in [0.717, 1.165) is 11.8 Å². The lowest BCUT2D eigenvalue weighted by Crippen LogP contribution is -2.19. The van der Waals surface area contributed by atoms with Crippen LogP contribution in [0.3, 0.4) is 0 Å². The lowest BCUT2D eigenvalue weighted by Gasteiger charge is -2.25. The van der Waals surface area contributed by atoms with E-state index in [4.69, 9.17) is 10.5 Å². The second kappa shape index (κ2) is 17.0. The maximum atomic E-state index is 5.75. The zero-order valence-electron chi connectivity index (χ0n) is 20.0. The van der Waals surface area contributed by atoms with Gasteiger partial charge in [0, 0.05) is 6.54 Å². The summed E-state index contributed by atoms with van der Waals surface area (Å²) in [7, 11) is 0. The third-order valence-electron chi connectivity index (χ3n) is 5.16. The molecule has 1 aromatic rings. The highest BCUT2D eigenvalue weighted by Gasteiger charge is 2.22. The molecule has 0 amide bonds. The van der Waals surface area contributed by atoms with Gasteiger partial charge in [-0.1, -0.05) is 84.1 Å². The van der Waals surface area contributed by atoms with Crippen molar-refractivity contribution in [2.75, 3.05) is 0 Å². The normalized spacial score (nSPS) is 17.3. The van der Waals surface area contributed by atoms with Gasteiger partial charge in [-0.2, -0.15) is 0 Å². The number of ether oxygens (including phenoxy) is 1. The minimum Gasteiger partial charge on any atom is -0.376 e. The zero-order valence-corrected chi connectivity index (χ0v) is 20.0. The quantitative estimate of drug-likeness (QED) is 0.536. The van der Waals surface area contributed by atoms with Crippen LogP contribution in [0.4, 0.5) is 0 Å². The van der Waals surface area contributed by atoms with Gasteiger partial charge in [0.25, 0.3) is 0 Å². The van der Waals surface area contributed by atoms with Crippen LogP contribution in [0.1, 0.15) is 117 Å². The van der Waals surface area contributed by atoms with Gasteiger partial charge in [-0.15, -0.1) is 0 Å². The maximum Gasteiger partial charge on any atom is 0.0553 e. The summed E-state index contributed by atoms with van der Waals surface area (Å²) in [6.07, 6.45) is 12.1. The minimum absolute atomic E-state index is 0.388. The van der Waals surface area contributed by atoms with Crippen molar-refractivity contribution in [2.45, 2.75) is 125 Å². The van der Waals surface area contributed by atoms with Crippen molar-refractivity contribution in [1.82, 2.24) is 0 Å². The second-order valence-corrected chi connectivity index (χ2v) is 7.96. The molecule has 1 unspecified atom stereocenters. The molecule has 2 saturated carbocycles. The number of hydrogen-bond acceptors (Lipinski definition) is 2. The first-order valence-corrected chi connectivity index (χ1v) is 12.0. The molecule has 2 heteroatoms. The summed E-state index contributed by atoms with van der Waals surface area (Å²) in [5, 5.41) is 0. The summed E-state index contributed by atoms with van der Waals surface area (Å²) in [4.78, 5) is 0. The summed E-state index contributed by atoms with van der Waals surface area (Å²) in [6.45, 7) is 15.1. The third kappa shape index (κ3) is 12.6. The van der Waals surface area contributed by atoms with Gasteiger partial charge in [-0.05, 0) is 63.0 Å². The molecule has 28 heavy (non-hydrogen) atoms. The Morgan fingerprint density at radius 2 is 1.39 bits per heavy atom. The first kappa shape index (κ1) is 27.1. The molecule has 0 aromatic heterocycles. The minimum atomic E-state index is 0.388. The Morgan fingerprint density at radius 3 is 1.82 bits per heavy atom. The van der Waals surface area contributed by atoms with Crippen molar-refractivity contribution in [1.29, 1.82) is 0 Å². The molecule has 164 valence electrons.